The van der Waals surface area contributed by atoms with Crippen molar-refractivity contribution in [2.45, 2.75) is 21.3 Å². The molecule has 0 aliphatic carbocycles. The van der Waals surface area contributed by atoms with Gasteiger partial charge >= 0.3 is 6.01 Å². The van der Waals surface area contributed by atoms with Gasteiger partial charge in [-0.25, -0.2) is 14.5 Å². The van der Waals surface area contributed by atoms with Crippen LogP contribution in [0.1, 0.15) is 11.3 Å². The van der Waals surface area contributed by atoms with Gasteiger partial charge in [0.25, 0.3) is 0 Å². The van der Waals surface area contributed by atoms with Crippen LogP contribution in [0.2, 0.25) is 0 Å². The van der Waals surface area contributed by atoms with Gasteiger partial charge in [0, 0.05) is 27.3 Å². The van der Waals surface area contributed by atoms with E-state index in [2.05, 4.69) is 22.1 Å². The first kappa shape index (κ1) is 24.0. The zero-order valence-electron chi connectivity index (χ0n) is 19.7. The molecule has 0 saturated carbocycles. The number of benzene rings is 2. The van der Waals surface area contributed by atoms with Crippen LogP contribution in [-0.4, -0.2) is 43.0 Å². The quantitative estimate of drug-likeness (QED) is 0.258. The zero-order valence-corrected chi connectivity index (χ0v) is 21.3. The molecule has 0 radical (unpaired) electrons. The van der Waals surface area contributed by atoms with Gasteiger partial charge in [-0.2, -0.15) is 10.1 Å². The first-order valence-corrected chi connectivity index (χ1v) is 13.4. The van der Waals surface area contributed by atoms with Gasteiger partial charge < -0.3 is 9.47 Å². The minimum absolute atomic E-state index is 0.213. The summed E-state index contributed by atoms with van der Waals surface area (Å²) in [4.78, 5) is 15.3. The monoisotopic (exact) mass is 517 g/mol. The number of imidazole rings is 1. The predicted octanol–water partition coefficient (Wildman–Crippen LogP) is 4.80. The van der Waals surface area contributed by atoms with Crippen LogP contribution < -0.4 is 9.47 Å². The topological polar surface area (TPSA) is 91.5 Å². The van der Waals surface area contributed by atoms with Gasteiger partial charge in [-0.3, -0.25) is 4.21 Å². The Morgan fingerprint density at radius 2 is 1.72 bits per heavy atom. The van der Waals surface area contributed by atoms with Gasteiger partial charge in [0.05, 0.1) is 53.9 Å². The molecule has 0 fully saturated rings. The summed E-state index contributed by atoms with van der Waals surface area (Å²) in [6.07, 6.45) is 3.46. The summed E-state index contributed by atoms with van der Waals surface area (Å²) < 4.78 is 25.3. The molecule has 0 aliphatic heterocycles. The van der Waals surface area contributed by atoms with Crippen LogP contribution in [0.4, 0.5) is 0 Å². The minimum atomic E-state index is -1.21. The predicted molar refractivity (Wildman–Crippen MR) is 140 cm³/mol. The minimum Gasteiger partial charge on any atom is -0.480 e. The number of methoxy groups -OCH3 is 2. The molecule has 0 N–H and O–H groups in total. The SMILES string of the molecule is COc1ncc(-c2cc(CSc3ccccc3)c3nc(CS(=O)c4ccccc4)cn3n2)c(OC)n1. The van der Waals surface area contributed by atoms with Crippen molar-refractivity contribution >= 4 is 28.2 Å². The molecule has 1 unspecified atom stereocenters. The number of thioether (sulfide) groups is 1. The van der Waals surface area contributed by atoms with E-state index in [1.165, 1.54) is 7.11 Å². The average Bonchev–Trinajstić information content (AvgIpc) is 3.34. The summed E-state index contributed by atoms with van der Waals surface area (Å²) in [7, 11) is 1.84. The number of hydrogen-bond acceptors (Lipinski definition) is 8. The van der Waals surface area contributed by atoms with Gasteiger partial charge in [0.1, 0.15) is 0 Å². The highest BCUT2D eigenvalue weighted by Gasteiger charge is 2.18. The second kappa shape index (κ2) is 10.9. The lowest BCUT2D eigenvalue weighted by Crippen LogP contribution is -2.02. The van der Waals surface area contributed by atoms with E-state index in [0.29, 0.717) is 34.3 Å². The number of aromatic nitrogens is 5. The Labute approximate surface area is 215 Å². The lowest BCUT2D eigenvalue weighted by molar-refractivity contribution is 0.353. The van der Waals surface area contributed by atoms with Crippen LogP contribution in [0.5, 0.6) is 11.9 Å². The number of ether oxygens (including phenoxy) is 2. The Balaban J connectivity index is 1.55. The molecule has 0 saturated heterocycles. The summed E-state index contributed by atoms with van der Waals surface area (Å²) >= 11 is 1.70. The van der Waals surface area contributed by atoms with E-state index in [9.17, 15) is 4.21 Å². The zero-order chi connectivity index (χ0) is 24.9. The van der Waals surface area contributed by atoms with Crippen molar-refractivity contribution in [2.75, 3.05) is 14.2 Å². The van der Waals surface area contributed by atoms with Crippen molar-refractivity contribution in [1.29, 1.82) is 0 Å². The van der Waals surface area contributed by atoms with Crippen LogP contribution in [-0.2, 0) is 22.3 Å². The highest BCUT2D eigenvalue weighted by molar-refractivity contribution is 7.98. The van der Waals surface area contributed by atoms with Crippen LogP contribution in [0.15, 0.2) is 88.9 Å². The third-order valence-electron chi connectivity index (χ3n) is 5.36. The van der Waals surface area contributed by atoms with Crippen LogP contribution >= 0.6 is 11.8 Å². The Bertz CT molecular complexity index is 1510. The van der Waals surface area contributed by atoms with E-state index >= 15 is 0 Å². The number of fused-ring (bicyclic) bond motifs is 1. The van der Waals surface area contributed by atoms with Gasteiger partial charge in [-0.1, -0.05) is 36.4 Å². The number of hydrogen-bond donors (Lipinski definition) is 0. The maximum atomic E-state index is 12.9. The normalized spacial score (nSPS) is 11.9. The second-order valence-electron chi connectivity index (χ2n) is 7.74. The number of rotatable bonds is 9. The molecule has 1 atom stereocenters. The second-order valence-corrected chi connectivity index (χ2v) is 10.2. The summed E-state index contributed by atoms with van der Waals surface area (Å²) in [5, 5.41) is 4.77. The Kier molecular flexibility index (Phi) is 7.24. The summed E-state index contributed by atoms with van der Waals surface area (Å²) in [6, 6.07) is 21.8. The lowest BCUT2D eigenvalue weighted by atomic mass is 10.2. The van der Waals surface area contributed by atoms with Crippen molar-refractivity contribution < 1.29 is 13.7 Å². The first-order valence-electron chi connectivity index (χ1n) is 11.1. The van der Waals surface area contributed by atoms with Gasteiger partial charge in [0.15, 0.2) is 5.65 Å². The van der Waals surface area contributed by atoms with Gasteiger partial charge in [-0.05, 0) is 30.3 Å². The van der Waals surface area contributed by atoms with E-state index in [1.807, 2.05) is 60.8 Å². The van der Waals surface area contributed by atoms with Crippen molar-refractivity contribution in [3.05, 3.63) is 90.4 Å². The maximum absolute atomic E-state index is 12.9. The molecule has 0 bridgehead atoms. The molecule has 3 heterocycles. The number of nitrogens with zero attached hydrogens (tertiary/aromatic N) is 5. The summed E-state index contributed by atoms with van der Waals surface area (Å²) in [5.41, 5.74) is 3.66. The summed E-state index contributed by atoms with van der Waals surface area (Å²) in [5.74, 6) is 1.32. The van der Waals surface area contributed by atoms with E-state index in [1.54, 1.807) is 29.6 Å². The van der Waals surface area contributed by atoms with E-state index in [-0.39, 0.29) is 6.01 Å². The average molecular weight is 518 g/mol. The van der Waals surface area contributed by atoms with E-state index in [0.717, 1.165) is 21.0 Å². The fourth-order valence-corrected chi connectivity index (χ4v) is 5.56. The molecule has 0 spiro atoms. The molecule has 3 aromatic heterocycles. The molecule has 5 aromatic rings. The molecular formula is C26H23N5O3S2. The van der Waals surface area contributed by atoms with Gasteiger partial charge in [0.2, 0.25) is 5.88 Å². The lowest BCUT2D eigenvalue weighted by Gasteiger charge is -2.10. The van der Waals surface area contributed by atoms with Crippen molar-refractivity contribution in [2.24, 2.45) is 0 Å². The molecule has 0 aliphatic rings. The highest BCUT2D eigenvalue weighted by Crippen LogP contribution is 2.31. The third kappa shape index (κ3) is 5.24. The molecule has 0 amide bonds. The molecule has 182 valence electrons. The van der Waals surface area contributed by atoms with Crippen LogP contribution in [0.3, 0.4) is 0 Å². The van der Waals surface area contributed by atoms with E-state index < -0.39 is 10.8 Å². The summed E-state index contributed by atoms with van der Waals surface area (Å²) in [6.45, 7) is 0. The molecule has 2 aromatic carbocycles. The van der Waals surface area contributed by atoms with Crippen LogP contribution in [0.25, 0.3) is 16.9 Å². The first-order chi connectivity index (χ1) is 17.6. The smallest absolute Gasteiger partial charge is 0.319 e. The molecule has 36 heavy (non-hydrogen) atoms. The van der Waals surface area contributed by atoms with E-state index in [4.69, 9.17) is 19.6 Å². The third-order valence-corrected chi connectivity index (χ3v) is 7.77. The molecule has 10 heteroatoms. The van der Waals surface area contributed by atoms with Crippen molar-refractivity contribution in [3.8, 4) is 23.1 Å². The van der Waals surface area contributed by atoms with Crippen LogP contribution in [0, 0.1) is 0 Å². The molecule has 8 nitrogen and oxygen atoms in total. The Morgan fingerprint density at radius 1 is 0.972 bits per heavy atom. The largest absolute Gasteiger partial charge is 0.480 e. The molecule has 5 rings (SSSR count). The Hall–Kier alpha value is -3.76. The highest BCUT2D eigenvalue weighted by atomic mass is 32.2. The maximum Gasteiger partial charge on any atom is 0.319 e. The molecular weight excluding hydrogens is 494 g/mol. The van der Waals surface area contributed by atoms with Gasteiger partial charge in [-0.15, -0.1) is 11.8 Å². The van der Waals surface area contributed by atoms with Crippen molar-refractivity contribution in [3.63, 3.8) is 0 Å². The Morgan fingerprint density at radius 3 is 2.44 bits per heavy atom. The fourth-order valence-electron chi connectivity index (χ4n) is 3.64. The standard InChI is InChI=1S/C26H23N5O3S2/c1-33-25-22(14-27-26(29-25)34-2)23-13-18(16-35-20-9-5-3-6-10-20)24-28-19(15-31(24)30-23)17-36(32)21-11-7-4-8-12-21/h3-15H,16-17H2,1-2H3. The van der Waals surface area contributed by atoms with Crippen molar-refractivity contribution in [1.82, 2.24) is 24.6 Å². The fraction of sp³-hybridized carbons (Fsp3) is 0.154.